The minimum atomic E-state index is -4.73. The number of alkyl halides is 3. The normalized spacial score (nSPS) is 16.4. The Hall–Kier alpha value is -3.52. The number of hydrazine groups is 1. The monoisotopic (exact) mass is 409 g/mol. The Kier molecular flexibility index (Phi) is 5.21. The summed E-state index contributed by atoms with van der Waals surface area (Å²) < 4.78 is 66.4. The van der Waals surface area contributed by atoms with E-state index in [9.17, 15) is 32.0 Å². The summed E-state index contributed by atoms with van der Waals surface area (Å²) in [6, 6.07) is 5.27. The second-order valence-electron chi connectivity index (χ2n) is 6.01. The van der Waals surface area contributed by atoms with Crippen molar-refractivity contribution in [2.45, 2.75) is 12.2 Å². The third kappa shape index (κ3) is 4.02. The lowest BCUT2D eigenvalue weighted by molar-refractivity contribution is -0.141. The molecule has 1 amide bonds. The minimum Gasteiger partial charge on any atom is -0.319 e. The molecule has 2 aromatic rings. The number of nitrogens with one attached hydrogen (secondary N) is 2. The third-order valence-electron chi connectivity index (χ3n) is 4.06. The highest BCUT2D eigenvalue weighted by Crippen LogP contribution is 2.31. The van der Waals surface area contributed by atoms with Crippen LogP contribution in [0.15, 0.2) is 36.4 Å². The fourth-order valence-electron chi connectivity index (χ4n) is 2.68. The summed E-state index contributed by atoms with van der Waals surface area (Å²) in [5, 5.41) is 12.5. The maximum absolute atomic E-state index is 13.7. The lowest BCUT2D eigenvalue weighted by atomic mass is 10.1. The van der Waals surface area contributed by atoms with Gasteiger partial charge in [0.1, 0.15) is 40.8 Å². The highest BCUT2D eigenvalue weighted by molar-refractivity contribution is 5.98. The molecule has 1 atom stereocenters. The SMILES string of the molecule is CN1NC(C(=O)Nc2c(F)cccc2F)C=C1c1nc(C(F)(F)F)ccc1C#N. The molecule has 0 saturated heterocycles. The van der Waals surface area contributed by atoms with Gasteiger partial charge in [-0.3, -0.25) is 4.79 Å². The van der Waals surface area contributed by atoms with Gasteiger partial charge in [0.15, 0.2) is 0 Å². The predicted octanol–water partition coefficient (Wildman–Crippen LogP) is 3.05. The smallest absolute Gasteiger partial charge is 0.319 e. The van der Waals surface area contributed by atoms with Crippen molar-refractivity contribution < 1.29 is 26.7 Å². The van der Waals surface area contributed by atoms with Gasteiger partial charge >= 0.3 is 6.18 Å². The van der Waals surface area contributed by atoms with Crippen LogP contribution in [0.4, 0.5) is 27.6 Å². The Bertz CT molecular complexity index is 1020. The summed E-state index contributed by atoms with van der Waals surface area (Å²) in [7, 11) is 1.39. The van der Waals surface area contributed by atoms with Gasteiger partial charge in [-0.1, -0.05) is 6.07 Å². The first kappa shape index (κ1) is 20.2. The van der Waals surface area contributed by atoms with Crippen LogP contribution >= 0.6 is 0 Å². The van der Waals surface area contributed by atoms with E-state index >= 15 is 0 Å². The number of anilines is 1. The highest BCUT2D eigenvalue weighted by Gasteiger charge is 2.35. The van der Waals surface area contributed by atoms with Crippen LogP contribution in [0, 0.1) is 23.0 Å². The first-order valence-electron chi connectivity index (χ1n) is 8.07. The number of amides is 1. The molecule has 0 saturated carbocycles. The summed E-state index contributed by atoms with van der Waals surface area (Å²) >= 11 is 0. The van der Waals surface area contributed by atoms with Crippen molar-refractivity contribution >= 4 is 17.3 Å². The quantitative estimate of drug-likeness (QED) is 0.762. The molecule has 150 valence electrons. The Morgan fingerprint density at radius 1 is 1.24 bits per heavy atom. The maximum atomic E-state index is 13.7. The molecule has 1 unspecified atom stereocenters. The lowest BCUT2D eigenvalue weighted by Crippen LogP contribution is -2.41. The van der Waals surface area contributed by atoms with Gasteiger partial charge in [0.2, 0.25) is 5.91 Å². The largest absolute Gasteiger partial charge is 0.433 e. The van der Waals surface area contributed by atoms with Crippen molar-refractivity contribution in [2.75, 3.05) is 12.4 Å². The molecule has 29 heavy (non-hydrogen) atoms. The predicted molar refractivity (Wildman–Crippen MR) is 91.6 cm³/mol. The van der Waals surface area contributed by atoms with E-state index in [0.29, 0.717) is 6.07 Å². The van der Waals surface area contributed by atoms with E-state index in [0.717, 1.165) is 24.3 Å². The van der Waals surface area contributed by atoms with Crippen molar-refractivity contribution in [3.05, 3.63) is 65.0 Å². The number of aromatic nitrogens is 1. The van der Waals surface area contributed by atoms with Gasteiger partial charge < -0.3 is 10.3 Å². The molecule has 11 heteroatoms. The zero-order valence-electron chi connectivity index (χ0n) is 14.7. The second kappa shape index (κ2) is 7.48. The molecule has 1 aromatic heterocycles. The number of pyridine rings is 1. The molecule has 2 N–H and O–H groups in total. The molecule has 0 spiro atoms. The summed E-state index contributed by atoms with van der Waals surface area (Å²) in [6.45, 7) is 0. The fourth-order valence-corrected chi connectivity index (χ4v) is 2.68. The number of halogens is 5. The molecule has 1 aliphatic heterocycles. The number of benzene rings is 1. The van der Waals surface area contributed by atoms with Crippen molar-refractivity contribution in [3.63, 3.8) is 0 Å². The van der Waals surface area contributed by atoms with Crippen LogP contribution in [-0.2, 0) is 11.0 Å². The summed E-state index contributed by atoms with van der Waals surface area (Å²) in [5.74, 6) is -2.83. The van der Waals surface area contributed by atoms with E-state index in [2.05, 4.69) is 15.7 Å². The van der Waals surface area contributed by atoms with Gasteiger partial charge in [-0.25, -0.2) is 19.2 Å². The van der Waals surface area contributed by atoms with Crippen molar-refractivity contribution in [1.82, 2.24) is 15.4 Å². The Labute approximate surface area is 161 Å². The number of carbonyl (C=O) groups is 1. The van der Waals surface area contributed by atoms with Gasteiger partial charge in [0.05, 0.1) is 11.3 Å². The number of nitriles is 1. The summed E-state index contributed by atoms with van der Waals surface area (Å²) in [4.78, 5) is 15.9. The van der Waals surface area contributed by atoms with E-state index in [-0.39, 0.29) is 17.0 Å². The van der Waals surface area contributed by atoms with Gasteiger partial charge in [-0.2, -0.15) is 18.4 Å². The van der Waals surface area contributed by atoms with E-state index in [4.69, 9.17) is 0 Å². The molecular weight excluding hydrogens is 397 g/mol. The number of nitrogens with zero attached hydrogens (tertiary/aromatic N) is 3. The number of rotatable bonds is 3. The zero-order valence-corrected chi connectivity index (χ0v) is 14.7. The summed E-state index contributed by atoms with van der Waals surface area (Å²) in [6.07, 6.45) is -3.52. The topological polar surface area (TPSA) is 81.1 Å². The van der Waals surface area contributed by atoms with E-state index in [1.165, 1.54) is 18.1 Å². The molecule has 1 aliphatic rings. The van der Waals surface area contributed by atoms with Crippen LogP contribution in [0.5, 0.6) is 0 Å². The van der Waals surface area contributed by atoms with Gasteiger partial charge in [0, 0.05) is 7.05 Å². The number of para-hydroxylation sites is 1. The molecule has 2 heterocycles. The van der Waals surface area contributed by atoms with E-state index in [1.54, 1.807) is 6.07 Å². The van der Waals surface area contributed by atoms with Crippen LogP contribution in [0.3, 0.4) is 0 Å². The van der Waals surface area contributed by atoms with Crippen molar-refractivity contribution in [1.29, 1.82) is 5.26 Å². The number of hydrogen-bond acceptors (Lipinski definition) is 5. The Morgan fingerprint density at radius 3 is 2.48 bits per heavy atom. The van der Waals surface area contributed by atoms with Crippen LogP contribution in [0.25, 0.3) is 5.70 Å². The van der Waals surface area contributed by atoms with Crippen molar-refractivity contribution in [3.8, 4) is 6.07 Å². The summed E-state index contributed by atoms with van der Waals surface area (Å²) in [5.41, 5.74) is 0.366. The van der Waals surface area contributed by atoms with Crippen LogP contribution in [-0.4, -0.2) is 29.0 Å². The Morgan fingerprint density at radius 2 is 1.90 bits per heavy atom. The molecule has 6 nitrogen and oxygen atoms in total. The van der Waals surface area contributed by atoms with Gasteiger partial charge in [-0.15, -0.1) is 0 Å². The first-order valence-corrected chi connectivity index (χ1v) is 8.07. The fraction of sp³-hybridized carbons (Fsp3) is 0.167. The lowest BCUT2D eigenvalue weighted by Gasteiger charge is -2.19. The van der Waals surface area contributed by atoms with E-state index < -0.39 is 41.1 Å². The number of hydrogen-bond donors (Lipinski definition) is 2. The van der Waals surface area contributed by atoms with Crippen molar-refractivity contribution in [2.24, 2.45) is 0 Å². The molecule has 0 fully saturated rings. The standard InChI is InChI=1S/C18H12F5N5O/c1-28-13(15-9(8-24)5-6-14(25-15)18(21,22)23)7-12(27-28)17(29)26-16-10(19)3-2-4-11(16)20/h2-7,12,27H,1H3,(H,26,29). The third-order valence-corrected chi connectivity index (χ3v) is 4.06. The molecule has 0 radical (unpaired) electrons. The molecule has 3 rings (SSSR count). The zero-order chi connectivity index (χ0) is 21.3. The van der Waals surface area contributed by atoms with Crippen LogP contribution in [0.1, 0.15) is 17.0 Å². The Balaban J connectivity index is 1.93. The molecule has 1 aromatic carbocycles. The molecule has 0 bridgehead atoms. The average Bonchev–Trinajstić information content (AvgIpc) is 3.05. The minimum absolute atomic E-state index is 0.0294. The second-order valence-corrected chi connectivity index (χ2v) is 6.01. The molecule has 0 aliphatic carbocycles. The first-order chi connectivity index (χ1) is 13.6. The maximum Gasteiger partial charge on any atom is 0.433 e. The van der Waals surface area contributed by atoms with Crippen LogP contribution in [0.2, 0.25) is 0 Å². The average molecular weight is 409 g/mol. The van der Waals surface area contributed by atoms with Crippen LogP contribution < -0.4 is 10.7 Å². The van der Waals surface area contributed by atoms with Gasteiger partial charge in [-0.05, 0) is 30.3 Å². The van der Waals surface area contributed by atoms with E-state index in [1.807, 2.05) is 0 Å². The molecular formula is C18H12F5N5O. The van der Waals surface area contributed by atoms with Gasteiger partial charge in [0.25, 0.3) is 0 Å². The highest BCUT2D eigenvalue weighted by atomic mass is 19.4. The number of carbonyl (C=O) groups excluding carboxylic acids is 1.